The SMILES string of the molecule is O=c1c(Cl)c(NC[C@H]2CCCOC2)cnn1-c1ccc(N(c2ccccc2)C2CC2)cc1. The van der Waals surface area contributed by atoms with Crippen molar-refractivity contribution in [1.82, 2.24) is 9.78 Å². The number of ether oxygens (including phenoxy) is 1. The fraction of sp³-hybridized carbons (Fsp3) is 0.360. The molecule has 6 nitrogen and oxygen atoms in total. The summed E-state index contributed by atoms with van der Waals surface area (Å²) in [5.74, 6) is 0.425. The van der Waals surface area contributed by atoms with Crippen LogP contribution in [0.15, 0.2) is 65.6 Å². The van der Waals surface area contributed by atoms with Gasteiger partial charge >= 0.3 is 0 Å². The maximum absolute atomic E-state index is 12.9. The molecule has 32 heavy (non-hydrogen) atoms. The Bertz CT molecular complexity index is 1110. The lowest BCUT2D eigenvalue weighted by Crippen LogP contribution is -2.27. The molecule has 0 unspecified atom stereocenters. The molecule has 7 heteroatoms. The summed E-state index contributed by atoms with van der Waals surface area (Å²) in [5, 5.41) is 7.79. The number of hydrogen-bond donors (Lipinski definition) is 1. The fourth-order valence-electron chi connectivity index (χ4n) is 4.21. The van der Waals surface area contributed by atoms with Crippen LogP contribution in [-0.2, 0) is 4.74 Å². The highest BCUT2D eigenvalue weighted by molar-refractivity contribution is 6.32. The minimum Gasteiger partial charge on any atom is -0.382 e. The molecule has 2 heterocycles. The first-order valence-corrected chi connectivity index (χ1v) is 11.6. The zero-order valence-electron chi connectivity index (χ0n) is 17.9. The second-order valence-corrected chi connectivity index (χ2v) is 8.88. The van der Waals surface area contributed by atoms with Gasteiger partial charge in [0.05, 0.1) is 24.2 Å². The maximum Gasteiger partial charge on any atom is 0.292 e. The molecule has 1 saturated carbocycles. The highest BCUT2D eigenvalue weighted by atomic mass is 35.5. The van der Waals surface area contributed by atoms with E-state index in [-0.39, 0.29) is 10.6 Å². The van der Waals surface area contributed by atoms with Crippen LogP contribution in [0.2, 0.25) is 5.02 Å². The van der Waals surface area contributed by atoms with E-state index in [9.17, 15) is 4.79 Å². The van der Waals surface area contributed by atoms with Gasteiger partial charge in [-0.25, -0.2) is 0 Å². The molecule has 2 fully saturated rings. The first kappa shape index (κ1) is 21.0. The van der Waals surface area contributed by atoms with Crippen molar-refractivity contribution in [3.63, 3.8) is 0 Å². The standard InChI is InChI=1S/C25H27ClN4O2/c26-24-23(27-15-18-5-4-14-32-17-18)16-28-30(25(24)31)22-12-10-21(11-13-22)29(20-8-9-20)19-6-2-1-3-7-19/h1-3,6-7,10-13,16,18,20,27H,4-5,8-9,14-15,17H2/t18-/m1/s1. The van der Waals surface area contributed by atoms with Crippen molar-refractivity contribution in [3.8, 4) is 5.69 Å². The van der Waals surface area contributed by atoms with Crippen molar-refractivity contribution < 1.29 is 4.74 Å². The zero-order chi connectivity index (χ0) is 21.9. The van der Waals surface area contributed by atoms with Gasteiger partial charge < -0.3 is 15.0 Å². The molecule has 1 saturated heterocycles. The van der Waals surface area contributed by atoms with Gasteiger partial charge in [0.2, 0.25) is 0 Å². The molecule has 1 aliphatic heterocycles. The van der Waals surface area contributed by atoms with Crippen LogP contribution in [0.1, 0.15) is 25.7 Å². The van der Waals surface area contributed by atoms with Gasteiger partial charge in [0, 0.05) is 30.6 Å². The second-order valence-electron chi connectivity index (χ2n) is 8.51. The molecule has 0 amide bonds. The summed E-state index contributed by atoms with van der Waals surface area (Å²) in [5.41, 5.74) is 3.22. The van der Waals surface area contributed by atoms with Crippen LogP contribution in [0.4, 0.5) is 17.1 Å². The molecule has 3 aromatic rings. The zero-order valence-corrected chi connectivity index (χ0v) is 18.7. The Morgan fingerprint density at radius 2 is 1.81 bits per heavy atom. The fourth-order valence-corrected chi connectivity index (χ4v) is 4.40. The van der Waals surface area contributed by atoms with Crippen LogP contribution < -0.4 is 15.8 Å². The molecular formula is C25H27ClN4O2. The molecule has 1 atom stereocenters. The third kappa shape index (κ3) is 4.52. The Kier molecular flexibility index (Phi) is 6.14. The van der Waals surface area contributed by atoms with E-state index in [1.807, 2.05) is 30.3 Å². The van der Waals surface area contributed by atoms with Crippen molar-refractivity contribution in [3.05, 3.63) is 76.2 Å². The molecule has 0 radical (unpaired) electrons. The van der Waals surface area contributed by atoms with Gasteiger partial charge in [0.15, 0.2) is 0 Å². The number of rotatable bonds is 7. The van der Waals surface area contributed by atoms with Crippen LogP contribution in [0.25, 0.3) is 5.69 Å². The van der Waals surface area contributed by atoms with E-state index in [1.165, 1.54) is 23.2 Å². The van der Waals surface area contributed by atoms with E-state index in [0.29, 0.717) is 23.3 Å². The molecule has 5 rings (SSSR count). The molecule has 0 bridgehead atoms. The average Bonchev–Trinajstić information content (AvgIpc) is 3.67. The lowest BCUT2D eigenvalue weighted by Gasteiger charge is -2.25. The minimum atomic E-state index is -0.327. The highest BCUT2D eigenvalue weighted by Gasteiger charge is 2.30. The monoisotopic (exact) mass is 450 g/mol. The molecule has 166 valence electrons. The molecule has 2 aromatic carbocycles. The number of hydrogen-bond acceptors (Lipinski definition) is 5. The van der Waals surface area contributed by atoms with Gasteiger partial charge in [-0.1, -0.05) is 29.8 Å². The van der Waals surface area contributed by atoms with Gasteiger partial charge in [0.25, 0.3) is 5.56 Å². The first-order chi connectivity index (χ1) is 15.7. The average molecular weight is 451 g/mol. The van der Waals surface area contributed by atoms with E-state index in [1.54, 1.807) is 6.20 Å². The summed E-state index contributed by atoms with van der Waals surface area (Å²) >= 11 is 6.40. The molecule has 0 spiro atoms. The Morgan fingerprint density at radius 1 is 1.06 bits per heavy atom. The summed E-state index contributed by atoms with van der Waals surface area (Å²) in [7, 11) is 0. The number of anilines is 3. The molecule has 1 aromatic heterocycles. The normalized spacial score (nSPS) is 18.3. The van der Waals surface area contributed by atoms with Crippen molar-refractivity contribution in [2.45, 2.75) is 31.7 Å². The number of para-hydroxylation sites is 1. The van der Waals surface area contributed by atoms with Gasteiger partial charge in [-0.2, -0.15) is 9.78 Å². The highest BCUT2D eigenvalue weighted by Crippen LogP contribution is 2.38. The Labute approximate surface area is 192 Å². The lowest BCUT2D eigenvalue weighted by atomic mass is 10.0. The van der Waals surface area contributed by atoms with E-state index < -0.39 is 0 Å². The van der Waals surface area contributed by atoms with Gasteiger partial charge in [-0.15, -0.1) is 0 Å². The van der Waals surface area contributed by atoms with Crippen LogP contribution in [0, 0.1) is 5.92 Å². The van der Waals surface area contributed by atoms with Gasteiger partial charge in [-0.05, 0) is 68.0 Å². The van der Waals surface area contributed by atoms with Crippen LogP contribution in [0.5, 0.6) is 0 Å². The molecule has 2 aliphatic rings. The quantitative estimate of drug-likeness (QED) is 0.547. The Morgan fingerprint density at radius 3 is 2.50 bits per heavy atom. The number of halogens is 1. The summed E-state index contributed by atoms with van der Waals surface area (Å²) in [4.78, 5) is 15.2. The summed E-state index contributed by atoms with van der Waals surface area (Å²) in [6.07, 6.45) is 6.19. The minimum absolute atomic E-state index is 0.157. The van der Waals surface area contributed by atoms with Gasteiger partial charge in [0.1, 0.15) is 5.02 Å². The van der Waals surface area contributed by atoms with E-state index >= 15 is 0 Å². The van der Waals surface area contributed by atoms with Crippen molar-refractivity contribution in [2.75, 3.05) is 30.0 Å². The summed E-state index contributed by atoms with van der Waals surface area (Å²) in [6, 6.07) is 18.8. The number of benzene rings is 2. The second kappa shape index (κ2) is 9.35. The third-order valence-electron chi connectivity index (χ3n) is 6.07. The lowest BCUT2D eigenvalue weighted by molar-refractivity contribution is 0.0595. The topological polar surface area (TPSA) is 59.4 Å². The maximum atomic E-state index is 12.9. The Balaban J connectivity index is 1.34. The van der Waals surface area contributed by atoms with Crippen molar-refractivity contribution >= 4 is 28.7 Å². The molecule has 1 N–H and O–H groups in total. The Hall–Kier alpha value is -2.83. The van der Waals surface area contributed by atoms with Crippen LogP contribution in [-0.4, -0.2) is 35.6 Å². The van der Waals surface area contributed by atoms with Gasteiger partial charge in [-0.3, -0.25) is 4.79 Å². The number of nitrogens with zero attached hydrogens (tertiary/aromatic N) is 3. The van der Waals surface area contributed by atoms with E-state index in [4.69, 9.17) is 16.3 Å². The third-order valence-corrected chi connectivity index (χ3v) is 6.44. The van der Waals surface area contributed by atoms with E-state index in [0.717, 1.165) is 38.3 Å². The van der Waals surface area contributed by atoms with Crippen LogP contribution in [0.3, 0.4) is 0 Å². The predicted octanol–water partition coefficient (Wildman–Crippen LogP) is 5.02. The molecule has 1 aliphatic carbocycles. The largest absolute Gasteiger partial charge is 0.382 e. The van der Waals surface area contributed by atoms with Crippen molar-refractivity contribution in [2.24, 2.45) is 5.92 Å². The number of aromatic nitrogens is 2. The van der Waals surface area contributed by atoms with E-state index in [2.05, 4.69) is 39.6 Å². The summed E-state index contributed by atoms with van der Waals surface area (Å²) in [6.45, 7) is 2.29. The van der Waals surface area contributed by atoms with Crippen molar-refractivity contribution in [1.29, 1.82) is 0 Å². The molecular weight excluding hydrogens is 424 g/mol. The summed E-state index contributed by atoms with van der Waals surface area (Å²) < 4.78 is 6.87. The van der Waals surface area contributed by atoms with Crippen LogP contribution >= 0.6 is 11.6 Å². The smallest absolute Gasteiger partial charge is 0.292 e. The first-order valence-electron chi connectivity index (χ1n) is 11.2. The number of nitrogens with one attached hydrogen (secondary N) is 1. The predicted molar refractivity (Wildman–Crippen MR) is 128 cm³/mol.